The first-order valence-corrected chi connectivity index (χ1v) is 7.61. The topological polar surface area (TPSA) is 61.2 Å². The van der Waals surface area contributed by atoms with E-state index in [9.17, 15) is 0 Å². The first kappa shape index (κ1) is 15.7. The van der Waals surface area contributed by atoms with Gasteiger partial charge in [0.05, 0.1) is 18.8 Å². The van der Waals surface area contributed by atoms with E-state index in [4.69, 9.17) is 10.00 Å². The standard InChI is InChI=1S/C16H24N4O/c1-13(2)10-15(20-6-8-21-9-7-20)12-19-16-14(11-17)4-3-5-18-16/h3-5,13,15H,6-10,12H2,1-2H3,(H,18,19). The molecule has 1 fully saturated rings. The second-order valence-electron chi connectivity index (χ2n) is 5.82. The van der Waals surface area contributed by atoms with Crippen LogP contribution in [0.1, 0.15) is 25.8 Å². The summed E-state index contributed by atoms with van der Waals surface area (Å²) in [5, 5.41) is 12.5. The number of pyridine rings is 1. The average Bonchev–Trinajstić information content (AvgIpc) is 2.52. The van der Waals surface area contributed by atoms with Crippen LogP contribution in [0.4, 0.5) is 5.82 Å². The summed E-state index contributed by atoms with van der Waals surface area (Å²) in [6.45, 7) is 8.87. The van der Waals surface area contributed by atoms with Gasteiger partial charge in [-0.25, -0.2) is 4.98 Å². The molecule has 1 saturated heterocycles. The van der Waals surface area contributed by atoms with Crippen LogP contribution in [0, 0.1) is 17.2 Å². The van der Waals surface area contributed by atoms with Gasteiger partial charge in [0.15, 0.2) is 0 Å². The zero-order valence-electron chi connectivity index (χ0n) is 12.9. The molecule has 5 nitrogen and oxygen atoms in total. The van der Waals surface area contributed by atoms with Crippen LogP contribution in [0.15, 0.2) is 18.3 Å². The minimum atomic E-state index is 0.447. The van der Waals surface area contributed by atoms with E-state index in [2.05, 4.69) is 35.1 Å². The van der Waals surface area contributed by atoms with Gasteiger partial charge in [0, 0.05) is 31.9 Å². The molecule has 0 saturated carbocycles. The summed E-state index contributed by atoms with van der Waals surface area (Å²) in [5.74, 6) is 1.32. The van der Waals surface area contributed by atoms with Crippen LogP contribution in [-0.2, 0) is 4.74 Å². The molecule has 0 radical (unpaired) electrons. The molecule has 5 heteroatoms. The van der Waals surface area contributed by atoms with Crippen molar-refractivity contribution in [2.75, 3.05) is 38.2 Å². The summed E-state index contributed by atoms with van der Waals surface area (Å²) >= 11 is 0. The van der Waals surface area contributed by atoms with Crippen LogP contribution in [-0.4, -0.2) is 48.8 Å². The normalized spacial score (nSPS) is 17.4. The molecule has 21 heavy (non-hydrogen) atoms. The molecule has 2 heterocycles. The molecule has 1 aliphatic heterocycles. The molecule has 2 rings (SSSR count). The lowest BCUT2D eigenvalue weighted by Crippen LogP contribution is -2.47. The predicted octanol–water partition coefficient (Wildman–Crippen LogP) is 2.11. The van der Waals surface area contributed by atoms with E-state index in [1.54, 1.807) is 18.3 Å². The van der Waals surface area contributed by atoms with Gasteiger partial charge in [-0.05, 0) is 24.5 Å². The maximum atomic E-state index is 9.12. The Morgan fingerprint density at radius 1 is 1.43 bits per heavy atom. The molecule has 0 aromatic carbocycles. The summed E-state index contributed by atoms with van der Waals surface area (Å²) < 4.78 is 5.44. The number of nitrogens with zero attached hydrogens (tertiary/aromatic N) is 3. The number of nitrogens with one attached hydrogen (secondary N) is 1. The highest BCUT2D eigenvalue weighted by Crippen LogP contribution is 2.16. The van der Waals surface area contributed by atoms with Crippen molar-refractivity contribution in [1.82, 2.24) is 9.88 Å². The Labute approximate surface area is 126 Å². The highest BCUT2D eigenvalue weighted by molar-refractivity contribution is 5.51. The van der Waals surface area contributed by atoms with Crippen LogP contribution in [0.2, 0.25) is 0 Å². The van der Waals surface area contributed by atoms with Crippen molar-refractivity contribution in [2.45, 2.75) is 26.3 Å². The Morgan fingerprint density at radius 3 is 2.86 bits per heavy atom. The van der Waals surface area contributed by atoms with Gasteiger partial charge in [-0.2, -0.15) is 5.26 Å². The number of ether oxygens (including phenoxy) is 1. The lowest BCUT2D eigenvalue weighted by molar-refractivity contribution is 0.0150. The number of hydrogen-bond acceptors (Lipinski definition) is 5. The molecule has 0 amide bonds. The van der Waals surface area contributed by atoms with Crippen molar-refractivity contribution in [3.8, 4) is 6.07 Å². The van der Waals surface area contributed by atoms with Crippen molar-refractivity contribution < 1.29 is 4.74 Å². The molecule has 1 aromatic rings. The molecule has 1 aliphatic rings. The van der Waals surface area contributed by atoms with E-state index in [1.165, 1.54) is 0 Å². The number of aromatic nitrogens is 1. The molecule has 1 atom stereocenters. The second kappa shape index (κ2) is 7.96. The van der Waals surface area contributed by atoms with Crippen molar-refractivity contribution >= 4 is 5.82 Å². The van der Waals surface area contributed by atoms with Crippen molar-refractivity contribution in [3.05, 3.63) is 23.9 Å². The van der Waals surface area contributed by atoms with Crippen LogP contribution in [0.5, 0.6) is 0 Å². The van der Waals surface area contributed by atoms with Gasteiger partial charge in [0.1, 0.15) is 11.9 Å². The molecular weight excluding hydrogens is 264 g/mol. The molecule has 0 spiro atoms. The number of rotatable bonds is 6. The lowest BCUT2D eigenvalue weighted by Gasteiger charge is -2.35. The summed E-state index contributed by atoms with van der Waals surface area (Å²) in [5.41, 5.74) is 0.600. The smallest absolute Gasteiger partial charge is 0.143 e. The van der Waals surface area contributed by atoms with E-state index < -0.39 is 0 Å². The van der Waals surface area contributed by atoms with Gasteiger partial charge in [-0.1, -0.05) is 13.8 Å². The summed E-state index contributed by atoms with van der Waals surface area (Å²) in [7, 11) is 0. The van der Waals surface area contributed by atoms with Crippen molar-refractivity contribution in [1.29, 1.82) is 5.26 Å². The van der Waals surface area contributed by atoms with Crippen LogP contribution in [0.3, 0.4) is 0 Å². The van der Waals surface area contributed by atoms with E-state index >= 15 is 0 Å². The molecule has 1 N–H and O–H groups in total. The third-order valence-electron chi connectivity index (χ3n) is 3.74. The molecular formula is C16H24N4O. The van der Waals surface area contributed by atoms with E-state index in [0.717, 1.165) is 39.3 Å². The van der Waals surface area contributed by atoms with Gasteiger partial charge < -0.3 is 10.1 Å². The zero-order valence-corrected chi connectivity index (χ0v) is 12.9. The van der Waals surface area contributed by atoms with Gasteiger partial charge in [0.25, 0.3) is 0 Å². The predicted molar refractivity (Wildman–Crippen MR) is 83.1 cm³/mol. The quantitative estimate of drug-likeness (QED) is 0.868. The monoisotopic (exact) mass is 288 g/mol. The number of hydrogen-bond donors (Lipinski definition) is 1. The summed E-state index contributed by atoms with van der Waals surface area (Å²) in [4.78, 5) is 6.75. The fraction of sp³-hybridized carbons (Fsp3) is 0.625. The number of nitriles is 1. The Hall–Kier alpha value is -1.64. The minimum Gasteiger partial charge on any atom is -0.379 e. The highest BCUT2D eigenvalue weighted by Gasteiger charge is 2.22. The van der Waals surface area contributed by atoms with Crippen LogP contribution >= 0.6 is 0 Å². The number of morpholine rings is 1. The molecule has 0 bridgehead atoms. The Morgan fingerprint density at radius 2 is 2.19 bits per heavy atom. The van der Waals surface area contributed by atoms with Crippen molar-refractivity contribution in [2.24, 2.45) is 5.92 Å². The van der Waals surface area contributed by atoms with E-state index in [1.807, 2.05) is 0 Å². The van der Waals surface area contributed by atoms with E-state index in [-0.39, 0.29) is 0 Å². The Bertz CT molecular complexity index is 477. The van der Waals surface area contributed by atoms with Crippen molar-refractivity contribution in [3.63, 3.8) is 0 Å². The van der Waals surface area contributed by atoms with Gasteiger partial charge in [-0.3, -0.25) is 4.90 Å². The lowest BCUT2D eigenvalue weighted by atomic mass is 10.0. The third-order valence-corrected chi connectivity index (χ3v) is 3.74. The summed E-state index contributed by atoms with van der Waals surface area (Å²) in [6.07, 6.45) is 2.84. The van der Waals surface area contributed by atoms with Crippen LogP contribution in [0.25, 0.3) is 0 Å². The number of anilines is 1. The maximum Gasteiger partial charge on any atom is 0.143 e. The highest BCUT2D eigenvalue weighted by atomic mass is 16.5. The van der Waals surface area contributed by atoms with Crippen LogP contribution < -0.4 is 5.32 Å². The first-order chi connectivity index (χ1) is 10.2. The molecule has 114 valence electrons. The average molecular weight is 288 g/mol. The zero-order chi connectivity index (χ0) is 15.1. The fourth-order valence-electron chi connectivity index (χ4n) is 2.70. The first-order valence-electron chi connectivity index (χ1n) is 7.61. The van der Waals surface area contributed by atoms with Gasteiger partial charge in [0.2, 0.25) is 0 Å². The largest absolute Gasteiger partial charge is 0.379 e. The maximum absolute atomic E-state index is 9.12. The van der Waals surface area contributed by atoms with E-state index in [0.29, 0.717) is 23.3 Å². The fourth-order valence-corrected chi connectivity index (χ4v) is 2.70. The Kier molecular flexibility index (Phi) is 5.97. The minimum absolute atomic E-state index is 0.447. The SMILES string of the molecule is CC(C)CC(CNc1ncccc1C#N)N1CCOCC1. The third kappa shape index (κ3) is 4.69. The summed E-state index contributed by atoms with van der Waals surface area (Å²) in [6, 6.07) is 6.21. The van der Waals surface area contributed by atoms with Gasteiger partial charge >= 0.3 is 0 Å². The molecule has 1 unspecified atom stereocenters. The molecule has 1 aromatic heterocycles. The Balaban J connectivity index is 1.99. The van der Waals surface area contributed by atoms with Gasteiger partial charge in [-0.15, -0.1) is 0 Å². The second-order valence-corrected chi connectivity index (χ2v) is 5.82. The molecule has 0 aliphatic carbocycles.